The van der Waals surface area contributed by atoms with E-state index in [9.17, 15) is 9.59 Å². The second-order valence-corrected chi connectivity index (χ2v) is 9.14. The molecule has 0 saturated heterocycles. The Morgan fingerprint density at radius 3 is 2.75 bits per heavy atom. The summed E-state index contributed by atoms with van der Waals surface area (Å²) >= 11 is 0. The maximum absolute atomic E-state index is 13.1. The standard InChI is InChI=1S/C25H34N6O5/c1-4-19-23(32)30(2)20-14-27-25(29-22(20)31(19)15-7-5-6-8-15)28-18-10-9-16(13-21(18)35-3)36-12-11-17(26)24(33)34/h9-10,13-15,17,19H,4-8,11-12,26H2,1-3H3,(H,33,34)(H,27,28,29)/t17-,19+/m0/s1. The van der Waals surface area contributed by atoms with E-state index in [4.69, 9.17) is 25.3 Å². The molecule has 194 valence electrons. The van der Waals surface area contributed by atoms with E-state index in [0.717, 1.165) is 31.5 Å². The maximum Gasteiger partial charge on any atom is 0.320 e. The van der Waals surface area contributed by atoms with Gasteiger partial charge in [0.2, 0.25) is 11.9 Å². The number of hydrogen-bond donors (Lipinski definition) is 3. The Bertz CT molecular complexity index is 1110. The third-order valence-corrected chi connectivity index (χ3v) is 6.85. The number of anilines is 4. The van der Waals surface area contributed by atoms with Crippen LogP contribution in [-0.4, -0.2) is 65.8 Å². The molecule has 1 aliphatic carbocycles. The Balaban J connectivity index is 1.56. The first-order chi connectivity index (χ1) is 17.3. The fraction of sp³-hybridized carbons (Fsp3) is 0.520. The van der Waals surface area contributed by atoms with Gasteiger partial charge in [0.1, 0.15) is 29.3 Å². The number of hydrogen-bond acceptors (Lipinski definition) is 9. The number of ether oxygens (including phenoxy) is 2. The predicted molar refractivity (Wildman–Crippen MR) is 136 cm³/mol. The molecule has 2 aliphatic rings. The third kappa shape index (κ3) is 5.15. The normalized spacial score (nSPS) is 18.7. The zero-order valence-corrected chi connectivity index (χ0v) is 20.9. The van der Waals surface area contributed by atoms with Crippen LogP contribution in [0.5, 0.6) is 11.5 Å². The van der Waals surface area contributed by atoms with Gasteiger partial charge in [-0.3, -0.25) is 9.59 Å². The lowest BCUT2D eigenvalue weighted by Gasteiger charge is -2.43. The number of amides is 1. The summed E-state index contributed by atoms with van der Waals surface area (Å²) in [6, 6.07) is 4.31. The Kier molecular flexibility index (Phi) is 7.78. The number of methoxy groups -OCH3 is 1. The van der Waals surface area contributed by atoms with Crippen LogP contribution in [0.25, 0.3) is 0 Å². The van der Waals surface area contributed by atoms with E-state index >= 15 is 0 Å². The summed E-state index contributed by atoms with van der Waals surface area (Å²) in [7, 11) is 3.32. The number of carboxylic acid groups (broad SMARTS) is 1. The number of carboxylic acids is 1. The minimum absolute atomic E-state index is 0.0720. The van der Waals surface area contributed by atoms with Crippen molar-refractivity contribution < 1.29 is 24.2 Å². The smallest absolute Gasteiger partial charge is 0.320 e. The van der Waals surface area contributed by atoms with Gasteiger partial charge < -0.3 is 35.4 Å². The van der Waals surface area contributed by atoms with Gasteiger partial charge in [0.05, 0.1) is 25.6 Å². The lowest BCUT2D eigenvalue weighted by atomic mass is 10.0. The predicted octanol–water partition coefficient (Wildman–Crippen LogP) is 2.91. The molecule has 1 amide bonds. The molecule has 2 aromatic rings. The van der Waals surface area contributed by atoms with Crippen LogP contribution >= 0.6 is 0 Å². The van der Waals surface area contributed by atoms with Crippen molar-refractivity contribution >= 4 is 35.0 Å². The van der Waals surface area contributed by atoms with Crippen LogP contribution in [0, 0.1) is 0 Å². The summed E-state index contributed by atoms with van der Waals surface area (Å²) in [6.07, 6.45) is 6.99. The van der Waals surface area contributed by atoms with E-state index in [-0.39, 0.29) is 31.0 Å². The van der Waals surface area contributed by atoms with Crippen LogP contribution in [0.15, 0.2) is 24.4 Å². The Morgan fingerprint density at radius 1 is 1.33 bits per heavy atom. The number of nitrogens with two attached hydrogens (primary N) is 1. The molecule has 0 bridgehead atoms. The summed E-state index contributed by atoms with van der Waals surface area (Å²) in [5.41, 5.74) is 6.88. The molecular formula is C25H34N6O5. The van der Waals surface area contributed by atoms with Crippen LogP contribution < -0.4 is 30.3 Å². The van der Waals surface area contributed by atoms with Gasteiger partial charge in [-0.15, -0.1) is 0 Å². The average Bonchev–Trinajstić information content (AvgIpc) is 3.41. The van der Waals surface area contributed by atoms with E-state index in [0.29, 0.717) is 35.2 Å². The topological polar surface area (TPSA) is 143 Å². The number of likely N-dealkylation sites (N-methyl/N-ethyl adjacent to an activating group) is 1. The number of aromatic nitrogens is 2. The van der Waals surface area contributed by atoms with Crippen LogP contribution in [0.3, 0.4) is 0 Å². The fourth-order valence-electron chi connectivity index (χ4n) is 4.86. The number of carbonyl (C=O) groups is 2. The SMILES string of the molecule is CC[C@@H]1C(=O)N(C)c2cnc(Nc3ccc(OCC[C@H](N)C(=O)O)cc3OC)nc2N1C1CCCC1. The first kappa shape index (κ1) is 25.5. The average molecular weight is 499 g/mol. The minimum Gasteiger partial charge on any atom is -0.494 e. The first-order valence-electron chi connectivity index (χ1n) is 12.3. The highest BCUT2D eigenvalue weighted by molar-refractivity contribution is 6.04. The molecule has 2 atom stereocenters. The van der Waals surface area contributed by atoms with E-state index in [2.05, 4.69) is 15.2 Å². The van der Waals surface area contributed by atoms with E-state index < -0.39 is 12.0 Å². The fourth-order valence-corrected chi connectivity index (χ4v) is 4.86. The molecule has 36 heavy (non-hydrogen) atoms. The van der Waals surface area contributed by atoms with E-state index in [1.807, 2.05) is 6.92 Å². The Morgan fingerprint density at radius 2 is 2.08 bits per heavy atom. The van der Waals surface area contributed by atoms with Crippen molar-refractivity contribution in [2.24, 2.45) is 5.73 Å². The lowest BCUT2D eigenvalue weighted by molar-refractivity contribution is -0.138. The Labute approximate surface area is 210 Å². The largest absolute Gasteiger partial charge is 0.494 e. The van der Waals surface area contributed by atoms with Crippen LogP contribution in [0.1, 0.15) is 45.4 Å². The van der Waals surface area contributed by atoms with Crippen molar-refractivity contribution in [1.29, 1.82) is 0 Å². The van der Waals surface area contributed by atoms with Crippen LogP contribution in [-0.2, 0) is 9.59 Å². The molecule has 1 fully saturated rings. The van der Waals surface area contributed by atoms with Gasteiger partial charge in [0, 0.05) is 25.6 Å². The molecule has 0 radical (unpaired) electrons. The highest BCUT2D eigenvalue weighted by Crippen LogP contribution is 2.40. The van der Waals surface area contributed by atoms with Gasteiger partial charge in [-0.2, -0.15) is 4.98 Å². The first-order valence-corrected chi connectivity index (χ1v) is 12.3. The van der Waals surface area contributed by atoms with Gasteiger partial charge in [-0.1, -0.05) is 19.8 Å². The molecule has 2 heterocycles. The number of aliphatic carboxylic acids is 1. The van der Waals surface area contributed by atoms with E-state index in [1.165, 1.54) is 0 Å². The lowest BCUT2D eigenvalue weighted by Crippen LogP contribution is -2.55. The van der Waals surface area contributed by atoms with Gasteiger partial charge in [0.15, 0.2) is 5.82 Å². The van der Waals surface area contributed by atoms with Crippen molar-refractivity contribution in [2.75, 3.05) is 35.9 Å². The molecule has 4 N–H and O–H groups in total. The molecule has 1 aromatic heterocycles. The van der Waals surface area contributed by atoms with Crippen molar-refractivity contribution in [1.82, 2.24) is 9.97 Å². The highest BCUT2D eigenvalue weighted by atomic mass is 16.5. The van der Waals surface area contributed by atoms with Crippen molar-refractivity contribution in [3.8, 4) is 11.5 Å². The molecule has 1 aliphatic heterocycles. The number of benzene rings is 1. The number of nitrogens with zero attached hydrogens (tertiary/aromatic N) is 4. The summed E-state index contributed by atoms with van der Waals surface area (Å²) < 4.78 is 11.2. The molecule has 4 rings (SSSR count). The quantitative estimate of drug-likeness (QED) is 0.447. The van der Waals surface area contributed by atoms with Crippen molar-refractivity contribution in [3.63, 3.8) is 0 Å². The maximum atomic E-state index is 13.1. The van der Waals surface area contributed by atoms with Gasteiger partial charge in [0.25, 0.3) is 0 Å². The second kappa shape index (κ2) is 11.0. The van der Waals surface area contributed by atoms with Gasteiger partial charge in [-0.05, 0) is 31.4 Å². The third-order valence-electron chi connectivity index (χ3n) is 6.85. The highest BCUT2D eigenvalue weighted by Gasteiger charge is 2.41. The number of fused-ring (bicyclic) bond motifs is 1. The van der Waals surface area contributed by atoms with Crippen molar-refractivity contribution in [2.45, 2.75) is 63.6 Å². The summed E-state index contributed by atoms with van der Waals surface area (Å²) in [5, 5.41) is 12.1. The van der Waals surface area contributed by atoms with Crippen molar-refractivity contribution in [3.05, 3.63) is 24.4 Å². The zero-order valence-electron chi connectivity index (χ0n) is 20.9. The van der Waals surface area contributed by atoms with Crippen LogP contribution in [0.4, 0.5) is 23.1 Å². The summed E-state index contributed by atoms with van der Waals surface area (Å²) in [5.74, 6) is 1.22. The summed E-state index contributed by atoms with van der Waals surface area (Å²) in [6.45, 7) is 2.20. The number of rotatable bonds is 10. The second-order valence-electron chi connectivity index (χ2n) is 9.14. The van der Waals surface area contributed by atoms with Crippen LogP contribution in [0.2, 0.25) is 0 Å². The van der Waals surface area contributed by atoms with E-state index in [1.54, 1.807) is 43.5 Å². The van der Waals surface area contributed by atoms with Gasteiger partial charge in [-0.25, -0.2) is 4.98 Å². The number of carbonyl (C=O) groups excluding carboxylic acids is 1. The minimum atomic E-state index is -1.06. The molecule has 0 spiro atoms. The summed E-state index contributed by atoms with van der Waals surface area (Å²) in [4.78, 5) is 37.1. The van der Waals surface area contributed by atoms with Gasteiger partial charge >= 0.3 is 5.97 Å². The molecule has 1 aromatic carbocycles. The zero-order chi connectivity index (χ0) is 25.8. The molecular weight excluding hydrogens is 464 g/mol. The monoisotopic (exact) mass is 498 g/mol. The molecule has 11 heteroatoms. The Hall–Kier alpha value is -3.60. The molecule has 0 unspecified atom stereocenters. The number of nitrogens with one attached hydrogen (secondary N) is 1. The molecule has 11 nitrogen and oxygen atoms in total. The molecule has 1 saturated carbocycles.